The molecular weight excluding hydrogens is 246 g/mol. The Labute approximate surface area is 126 Å². The standard InChI is InChI=1S/C18H35NO/c1-14-8-9-16(12-15(14)2)20-18(10-6-7-11-18)13-19-17(3,4)5/h14-16,19H,6-13H2,1-5H3. The van der Waals surface area contributed by atoms with E-state index >= 15 is 0 Å². The Morgan fingerprint density at radius 2 is 1.70 bits per heavy atom. The minimum Gasteiger partial charge on any atom is -0.370 e. The molecule has 3 unspecified atom stereocenters. The van der Waals surface area contributed by atoms with Gasteiger partial charge in [0, 0.05) is 12.1 Å². The van der Waals surface area contributed by atoms with Gasteiger partial charge in [-0.1, -0.05) is 26.7 Å². The molecule has 3 atom stereocenters. The van der Waals surface area contributed by atoms with Gasteiger partial charge in [0.05, 0.1) is 11.7 Å². The average molecular weight is 281 g/mol. The third kappa shape index (κ3) is 4.46. The third-order valence-electron chi connectivity index (χ3n) is 5.42. The molecule has 2 saturated carbocycles. The molecule has 2 fully saturated rings. The smallest absolute Gasteiger partial charge is 0.0810 e. The van der Waals surface area contributed by atoms with Crippen LogP contribution in [0, 0.1) is 11.8 Å². The molecule has 0 aromatic rings. The minimum absolute atomic E-state index is 0.123. The predicted octanol–water partition coefficient (Wildman–Crippen LogP) is 4.53. The predicted molar refractivity (Wildman–Crippen MR) is 86.0 cm³/mol. The number of rotatable bonds is 4. The van der Waals surface area contributed by atoms with Crippen LogP contribution in [0.1, 0.15) is 79.6 Å². The highest BCUT2D eigenvalue weighted by Gasteiger charge is 2.39. The lowest BCUT2D eigenvalue weighted by Crippen LogP contribution is -2.49. The van der Waals surface area contributed by atoms with Gasteiger partial charge < -0.3 is 10.1 Å². The summed E-state index contributed by atoms with van der Waals surface area (Å²) in [7, 11) is 0. The molecule has 0 aliphatic heterocycles. The first-order valence-electron chi connectivity index (χ1n) is 8.73. The van der Waals surface area contributed by atoms with E-state index in [0.29, 0.717) is 6.10 Å². The fourth-order valence-electron chi connectivity index (χ4n) is 3.74. The largest absolute Gasteiger partial charge is 0.370 e. The summed E-state index contributed by atoms with van der Waals surface area (Å²) in [4.78, 5) is 0. The lowest BCUT2D eigenvalue weighted by Gasteiger charge is -2.40. The lowest BCUT2D eigenvalue weighted by molar-refractivity contribution is -0.113. The van der Waals surface area contributed by atoms with E-state index in [-0.39, 0.29) is 11.1 Å². The second-order valence-corrected chi connectivity index (χ2v) is 8.50. The van der Waals surface area contributed by atoms with E-state index in [1.54, 1.807) is 0 Å². The summed E-state index contributed by atoms with van der Waals surface area (Å²) in [5.41, 5.74) is 0.311. The van der Waals surface area contributed by atoms with Gasteiger partial charge in [0.2, 0.25) is 0 Å². The average Bonchev–Trinajstić information content (AvgIpc) is 2.80. The highest BCUT2D eigenvalue weighted by atomic mass is 16.5. The summed E-state index contributed by atoms with van der Waals surface area (Å²) in [5.74, 6) is 1.70. The molecule has 0 spiro atoms. The number of hydrogen-bond donors (Lipinski definition) is 1. The molecule has 0 saturated heterocycles. The highest BCUT2D eigenvalue weighted by molar-refractivity contribution is 4.92. The minimum atomic E-state index is 0.123. The van der Waals surface area contributed by atoms with Gasteiger partial charge in [-0.2, -0.15) is 0 Å². The zero-order valence-corrected chi connectivity index (χ0v) is 14.3. The lowest BCUT2D eigenvalue weighted by atomic mass is 9.80. The van der Waals surface area contributed by atoms with Crippen LogP contribution in [0.4, 0.5) is 0 Å². The molecule has 0 radical (unpaired) electrons. The first-order valence-corrected chi connectivity index (χ1v) is 8.73. The maximum absolute atomic E-state index is 6.69. The van der Waals surface area contributed by atoms with Crippen LogP contribution in [0.3, 0.4) is 0 Å². The molecule has 0 heterocycles. The Morgan fingerprint density at radius 1 is 1.05 bits per heavy atom. The van der Waals surface area contributed by atoms with E-state index in [1.807, 2.05) is 0 Å². The van der Waals surface area contributed by atoms with Crippen molar-refractivity contribution in [3.05, 3.63) is 0 Å². The van der Waals surface area contributed by atoms with Gasteiger partial charge in [0.1, 0.15) is 0 Å². The molecule has 0 bridgehead atoms. The van der Waals surface area contributed by atoms with Crippen LogP contribution < -0.4 is 5.32 Å². The van der Waals surface area contributed by atoms with Crippen LogP contribution in [-0.4, -0.2) is 23.8 Å². The van der Waals surface area contributed by atoms with Crippen molar-refractivity contribution in [3.63, 3.8) is 0 Å². The van der Waals surface area contributed by atoms with Gasteiger partial charge in [0.25, 0.3) is 0 Å². The summed E-state index contributed by atoms with van der Waals surface area (Å²) in [6.45, 7) is 12.6. The van der Waals surface area contributed by atoms with Crippen LogP contribution in [0.5, 0.6) is 0 Å². The quantitative estimate of drug-likeness (QED) is 0.817. The summed E-state index contributed by atoms with van der Waals surface area (Å²) in [6.07, 6.45) is 9.54. The van der Waals surface area contributed by atoms with Crippen LogP contribution in [0.15, 0.2) is 0 Å². The first kappa shape index (κ1) is 16.3. The Kier molecular flexibility index (Phi) is 5.18. The molecule has 0 aromatic carbocycles. The SMILES string of the molecule is CC1CCC(OC2(CNC(C)(C)C)CCCC2)CC1C. The van der Waals surface area contributed by atoms with Gasteiger partial charge in [-0.25, -0.2) is 0 Å². The fraction of sp³-hybridized carbons (Fsp3) is 1.00. The second kappa shape index (κ2) is 6.36. The molecular formula is C18H35NO. The molecule has 2 rings (SSSR count). The molecule has 118 valence electrons. The Morgan fingerprint density at radius 3 is 2.25 bits per heavy atom. The third-order valence-corrected chi connectivity index (χ3v) is 5.42. The normalized spacial score (nSPS) is 34.4. The van der Waals surface area contributed by atoms with E-state index in [0.717, 1.165) is 18.4 Å². The van der Waals surface area contributed by atoms with E-state index in [4.69, 9.17) is 4.74 Å². The van der Waals surface area contributed by atoms with Crippen molar-refractivity contribution in [2.24, 2.45) is 11.8 Å². The number of nitrogens with one attached hydrogen (secondary N) is 1. The van der Waals surface area contributed by atoms with Crippen molar-refractivity contribution in [2.75, 3.05) is 6.54 Å². The Bertz CT molecular complexity index is 301. The zero-order chi connectivity index (χ0) is 14.8. The van der Waals surface area contributed by atoms with E-state index in [9.17, 15) is 0 Å². The summed E-state index contributed by atoms with van der Waals surface area (Å²) < 4.78 is 6.69. The van der Waals surface area contributed by atoms with Crippen molar-refractivity contribution in [1.82, 2.24) is 5.32 Å². The van der Waals surface area contributed by atoms with E-state index in [1.165, 1.54) is 44.9 Å². The van der Waals surface area contributed by atoms with Gasteiger partial charge in [0.15, 0.2) is 0 Å². The highest BCUT2D eigenvalue weighted by Crippen LogP contribution is 2.39. The molecule has 2 aliphatic rings. The van der Waals surface area contributed by atoms with Crippen molar-refractivity contribution >= 4 is 0 Å². The molecule has 2 heteroatoms. The summed E-state index contributed by atoms with van der Waals surface area (Å²) >= 11 is 0. The molecule has 0 amide bonds. The topological polar surface area (TPSA) is 21.3 Å². The zero-order valence-electron chi connectivity index (χ0n) is 14.3. The van der Waals surface area contributed by atoms with Gasteiger partial charge >= 0.3 is 0 Å². The van der Waals surface area contributed by atoms with Crippen LogP contribution in [0.2, 0.25) is 0 Å². The summed E-state index contributed by atoms with van der Waals surface area (Å²) in [6, 6.07) is 0. The molecule has 0 aromatic heterocycles. The van der Waals surface area contributed by atoms with Gasteiger partial charge in [-0.3, -0.25) is 0 Å². The van der Waals surface area contributed by atoms with Crippen molar-refractivity contribution in [2.45, 2.75) is 96.8 Å². The first-order chi connectivity index (χ1) is 9.30. The maximum Gasteiger partial charge on any atom is 0.0810 e. The fourth-order valence-corrected chi connectivity index (χ4v) is 3.74. The van der Waals surface area contributed by atoms with Crippen LogP contribution in [0.25, 0.3) is 0 Å². The van der Waals surface area contributed by atoms with Crippen molar-refractivity contribution in [1.29, 1.82) is 0 Å². The van der Waals surface area contributed by atoms with Crippen LogP contribution in [-0.2, 0) is 4.74 Å². The monoisotopic (exact) mass is 281 g/mol. The maximum atomic E-state index is 6.69. The number of ether oxygens (including phenoxy) is 1. The second-order valence-electron chi connectivity index (χ2n) is 8.50. The van der Waals surface area contributed by atoms with Gasteiger partial charge in [-0.15, -0.1) is 0 Å². The van der Waals surface area contributed by atoms with E-state index in [2.05, 4.69) is 39.9 Å². The van der Waals surface area contributed by atoms with Crippen LogP contribution >= 0.6 is 0 Å². The van der Waals surface area contributed by atoms with Crippen molar-refractivity contribution in [3.8, 4) is 0 Å². The molecule has 1 N–H and O–H groups in total. The van der Waals surface area contributed by atoms with E-state index < -0.39 is 0 Å². The van der Waals surface area contributed by atoms with Crippen molar-refractivity contribution < 1.29 is 4.74 Å². The van der Waals surface area contributed by atoms with Gasteiger partial charge in [-0.05, 0) is 64.7 Å². The Hall–Kier alpha value is -0.0800. The number of hydrogen-bond acceptors (Lipinski definition) is 2. The summed E-state index contributed by atoms with van der Waals surface area (Å²) in [5, 5.41) is 3.69. The Balaban J connectivity index is 1.92. The molecule has 20 heavy (non-hydrogen) atoms. The molecule has 2 nitrogen and oxygen atoms in total. The molecule has 2 aliphatic carbocycles.